The zero-order chi connectivity index (χ0) is 12.3. The Kier molecular flexibility index (Phi) is 3.72. The van der Waals surface area contributed by atoms with Gasteiger partial charge in [0.15, 0.2) is 0 Å². The average Bonchev–Trinajstić information content (AvgIpc) is 2.22. The molecule has 0 bridgehead atoms. The summed E-state index contributed by atoms with van der Waals surface area (Å²) < 4.78 is 10.4. The molecule has 0 aliphatic rings. The van der Waals surface area contributed by atoms with Gasteiger partial charge in [-0.05, 0) is 44.0 Å². The van der Waals surface area contributed by atoms with E-state index >= 15 is 0 Å². The molecule has 0 saturated carbocycles. The summed E-state index contributed by atoms with van der Waals surface area (Å²) in [5.74, 6) is 0.926. The Balaban J connectivity index is 3.06. The summed E-state index contributed by atoms with van der Waals surface area (Å²) in [6.07, 6.45) is 0. The van der Waals surface area contributed by atoms with Gasteiger partial charge in [-0.1, -0.05) is 6.58 Å². The first-order valence-electron chi connectivity index (χ1n) is 4.98. The molecule has 0 radical (unpaired) electrons. The first-order valence-corrected chi connectivity index (χ1v) is 4.98. The summed E-state index contributed by atoms with van der Waals surface area (Å²) in [4.78, 5) is 11.4. The number of esters is 1. The molecule has 1 aromatic carbocycles. The highest BCUT2D eigenvalue weighted by molar-refractivity contribution is 5.89. The number of hydrogen-bond acceptors (Lipinski definition) is 3. The van der Waals surface area contributed by atoms with Crippen molar-refractivity contribution in [2.75, 3.05) is 7.11 Å². The standard InChI is InChI=1S/C13H16O3/c1-8(2)13(14)16-12-9(3)6-11(15-5)7-10(12)4/h6-7H,1H2,2-5H3. The van der Waals surface area contributed by atoms with Gasteiger partial charge in [0, 0.05) is 5.57 Å². The lowest BCUT2D eigenvalue weighted by atomic mass is 10.1. The molecule has 86 valence electrons. The zero-order valence-electron chi connectivity index (χ0n) is 10.1. The highest BCUT2D eigenvalue weighted by Crippen LogP contribution is 2.28. The fourth-order valence-electron chi connectivity index (χ4n) is 1.37. The highest BCUT2D eigenvalue weighted by atomic mass is 16.5. The Morgan fingerprint density at radius 3 is 2.12 bits per heavy atom. The van der Waals surface area contributed by atoms with Crippen LogP contribution >= 0.6 is 0 Å². The van der Waals surface area contributed by atoms with Crippen LogP contribution in [0.1, 0.15) is 18.1 Å². The molecule has 0 aliphatic carbocycles. The number of rotatable bonds is 3. The first-order chi connectivity index (χ1) is 7.45. The molecule has 1 aromatic rings. The van der Waals surface area contributed by atoms with Crippen molar-refractivity contribution in [2.45, 2.75) is 20.8 Å². The smallest absolute Gasteiger partial charge is 0.338 e. The van der Waals surface area contributed by atoms with Crippen molar-refractivity contribution in [1.82, 2.24) is 0 Å². The molecule has 0 unspecified atom stereocenters. The van der Waals surface area contributed by atoms with E-state index < -0.39 is 5.97 Å². The SMILES string of the molecule is C=C(C)C(=O)Oc1c(C)cc(OC)cc1C. The summed E-state index contributed by atoms with van der Waals surface area (Å²) in [7, 11) is 1.60. The second kappa shape index (κ2) is 4.84. The van der Waals surface area contributed by atoms with E-state index in [0.29, 0.717) is 11.3 Å². The van der Waals surface area contributed by atoms with E-state index in [2.05, 4.69) is 6.58 Å². The zero-order valence-corrected chi connectivity index (χ0v) is 10.1. The molecule has 0 aromatic heterocycles. The van der Waals surface area contributed by atoms with E-state index in [1.165, 1.54) is 0 Å². The molecule has 0 saturated heterocycles. The summed E-state index contributed by atoms with van der Waals surface area (Å²) in [5.41, 5.74) is 2.12. The van der Waals surface area contributed by atoms with Crippen LogP contribution in [0.25, 0.3) is 0 Å². The van der Waals surface area contributed by atoms with E-state index in [0.717, 1.165) is 16.9 Å². The van der Waals surface area contributed by atoms with E-state index in [1.54, 1.807) is 14.0 Å². The minimum absolute atomic E-state index is 0.384. The predicted octanol–water partition coefficient (Wildman–Crippen LogP) is 2.79. The van der Waals surface area contributed by atoms with Gasteiger partial charge in [-0.15, -0.1) is 0 Å². The van der Waals surface area contributed by atoms with Crippen molar-refractivity contribution in [3.63, 3.8) is 0 Å². The topological polar surface area (TPSA) is 35.5 Å². The number of aryl methyl sites for hydroxylation is 2. The van der Waals surface area contributed by atoms with Gasteiger partial charge in [0.25, 0.3) is 0 Å². The molecule has 0 aliphatic heterocycles. The Labute approximate surface area is 95.7 Å². The van der Waals surface area contributed by atoms with Gasteiger partial charge in [-0.3, -0.25) is 0 Å². The maximum atomic E-state index is 11.4. The molecular formula is C13H16O3. The number of benzene rings is 1. The molecule has 0 heterocycles. The third-order valence-electron chi connectivity index (χ3n) is 2.21. The van der Waals surface area contributed by atoms with Crippen LogP contribution in [0, 0.1) is 13.8 Å². The van der Waals surface area contributed by atoms with E-state index in [-0.39, 0.29) is 0 Å². The third-order valence-corrected chi connectivity index (χ3v) is 2.21. The predicted molar refractivity (Wildman–Crippen MR) is 62.9 cm³/mol. The van der Waals surface area contributed by atoms with Gasteiger partial charge in [-0.25, -0.2) is 4.79 Å². The lowest BCUT2D eigenvalue weighted by Crippen LogP contribution is -2.10. The number of methoxy groups -OCH3 is 1. The van der Waals surface area contributed by atoms with Gasteiger partial charge in [0.1, 0.15) is 11.5 Å². The number of carbonyl (C=O) groups is 1. The number of hydrogen-bond donors (Lipinski definition) is 0. The summed E-state index contributed by atoms with van der Waals surface area (Å²) >= 11 is 0. The molecule has 0 fully saturated rings. The van der Waals surface area contributed by atoms with Crippen LogP contribution in [0.5, 0.6) is 11.5 Å². The number of ether oxygens (including phenoxy) is 2. The van der Waals surface area contributed by atoms with E-state index in [9.17, 15) is 4.79 Å². The third kappa shape index (κ3) is 2.63. The highest BCUT2D eigenvalue weighted by Gasteiger charge is 2.11. The normalized spacial score (nSPS) is 9.75. The Morgan fingerprint density at radius 1 is 1.25 bits per heavy atom. The van der Waals surface area contributed by atoms with Crippen LogP contribution in [0.3, 0.4) is 0 Å². The van der Waals surface area contributed by atoms with Crippen LogP contribution in [0.2, 0.25) is 0 Å². The average molecular weight is 220 g/mol. The first kappa shape index (κ1) is 12.3. The minimum Gasteiger partial charge on any atom is -0.497 e. The maximum Gasteiger partial charge on any atom is 0.338 e. The quantitative estimate of drug-likeness (QED) is 0.446. The summed E-state index contributed by atoms with van der Waals surface area (Å²) in [5, 5.41) is 0. The van der Waals surface area contributed by atoms with Crippen LogP contribution in [0.4, 0.5) is 0 Å². The van der Waals surface area contributed by atoms with Gasteiger partial charge in [-0.2, -0.15) is 0 Å². The van der Waals surface area contributed by atoms with Gasteiger partial charge in [0.2, 0.25) is 0 Å². The Hall–Kier alpha value is -1.77. The monoisotopic (exact) mass is 220 g/mol. The molecule has 0 spiro atoms. The van der Waals surface area contributed by atoms with Gasteiger partial charge in [0.05, 0.1) is 7.11 Å². The van der Waals surface area contributed by atoms with Gasteiger partial charge < -0.3 is 9.47 Å². The van der Waals surface area contributed by atoms with Crippen LogP contribution < -0.4 is 9.47 Å². The molecule has 3 nitrogen and oxygen atoms in total. The fourth-order valence-corrected chi connectivity index (χ4v) is 1.37. The summed E-state index contributed by atoms with van der Waals surface area (Å²) in [6, 6.07) is 3.65. The summed E-state index contributed by atoms with van der Waals surface area (Å²) in [6.45, 7) is 8.91. The molecule has 1 rings (SSSR count). The lowest BCUT2D eigenvalue weighted by molar-refractivity contribution is -0.130. The van der Waals surface area contributed by atoms with E-state index in [4.69, 9.17) is 9.47 Å². The molecule has 0 amide bonds. The molecule has 0 atom stereocenters. The van der Waals surface area contributed by atoms with Crippen LogP contribution in [-0.4, -0.2) is 13.1 Å². The fraction of sp³-hybridized carbons (Fsp3) is 0.308. The second-order valence-electron chi connectivity index (χ2n) is 3.76. The lowest BCUT2D eigenvalue weighted by Gasteiger charge is -2.12. The van der Waals surface area contributed by atoms with E-state index in [1.807, 2.05) is 26.0 Å². The van der Waals surface area contributed by atoms with Crippen molar-refractivity contribution in [3.8, 4) is 11.5 Å². The van der Waals surface area contributed by atoms with Crippen LogP contribution in [0.15, 0.2) is 24.3 Å². The minimum atomic E-state index is -0.406. The van der Waals surface area contributed by atoms with Crippen molar-refractivity contribution >= 4 is 5.97 Å². The Morgan fingerprint density at radius 2 is 1.75 bits per heavy atom. The largest absolute Gasteiger partial charge is 0.497 e. The van der Waals surface area contributed by atoms with Crippen LogP contribution in [-0.2, 0) is 4.79 Å². The molecule has 0 N–H and O–H groups in total. The van der Waals surface area contributed by atoms with Crippen molar-refractivity contribution in [1.29, 1.82) is 0 Å². The maximum absolute atomic E-state index is 11.4. The molecule has 3 heteroatoms. The van der Waals surface area contributed by atoms with Crippen molar-refractivity contribution < 1.29 is 14.3 Å². The molecule has 16 heavy (non-hydrogen) atoms. The van der Waals surface area contributed by atoms with Crippen molar-refractivity contribution in [3.05, 3.63) is 35.4 Å². The van der Waals surface area contributed by atoms with Crippen molar-refractivity contribution in [2.24, 2.45) is 0 Å². The molecular weight excluding hydrogens is 204 g/mol. The second-order valence-corrected chi connectivity index (χ2v) is 3.76. The van der Waals surface area contributed by atoms with Gasteiger partial charge >= 0.3 is 5.97 Å². The number of carbonyl (C=O) groups excluding carboxylic acids is 1. The Bertz CT molecular complexity index is 410.